The van der Waals surface area contributed by atoms with Crippen LogP contribution in [0.4, 0.5) is 0 Å². The van der Waals surface area contributed by atoms with Gasteiger partial charge >= 0.3 is 0 Å². The van der Waals surface area contributed by atoms with E-state index in [1.54, 1.807) is 21.2 Å². The molecule has 1 rings (SSSR count). The van der Waals surface area contributed by atoms with Gasteiger partial charge in [-0.1, -0.05) is 18.2 Å². The van der Waals surface area contributed by atoms with Crippen LogP contribution in [0, 0.1) is 0 Å². The van der Waals surface area contributed by atoms with Crippen molar-refractivity contribution in [2.45, 2.75) is 19.9 Å². The molecule has 0 fully saturated rings. The molecule has 146 valence electrons. The van der Waals surface area contributed by atoms with Crippen LogP contribution in [-0.4, -0.2) is 76.2 Å². The minimum atomic E-state index is -0.0377. The predicted octanol–water partition coefficient (Wildman–Crippen LogP) is 1.59. The van der Waals surface area contributed by atoms with Crippen molar-refractivity contribution in [3.63, 3.8) is 0 Å². The standard InChI is InChI=1S/C19H32N4O3/c1-6-26-13-9-12-20-19(21-14-18(24)22(2)3)23(4)15-16-10-7-8-11-17(16)25-5/h7-8,10-11H,6,9,12-15H2,1-5H3,(H,20,21). The van der Waals surface area contributed by atoms with Gasteiger partial charge in [-0.2, -0.15) is 0 Å². The second kappa shape index (κ2) is 12.1. The molecule has 0 bridgehead atoms. The van der Waals surface area contributed by atoms with E-state index in [0.29, 0.717) is 25.7 Å². The van der Waals surface area contributed by atoms with Gasteiger partial charge in [-0.3, -0.25) is 4.79 Å². The minimum absolute atomic E-state index is 0.0377. The van der Waals surface area contributed by atoms with Crippen molar-refractivity contribution in [1.82, 2.24) is 15.1 Å². The zero-order chi connectivity index (χ0) is 19.4. The van der Waals surface area contributed by atoms with Crippen LogP contribution in [-0.2, 0) is 16.1 Å². The Labute approximate surface area is 157 Å². The van der Waals surface area contributed by atoms with Gasteiger partial charge in [-0.15, -0.1) is 0 Å². The summed E-state index contributed by atoms with van der Waals surface area (Å²) < 4.78 is 10.8. The van der Waals surface area contributed by atoms with Crippen molar-refractivity contribution >= 4 is 11.9 Å². The Bertz CT molecular complexity index is 576. The topological polar surface area (TPSA) is 66.4 Å². The number of aliphatic imine (C=N–C) groups is 1. The lowest BCUT2D eigenvalue weighted by Gasteiger charge is -2.23. The highest BCUT2D eigenvalue weighted by molar-refractivity contribution is 5.84. The summed E-state index contributed by atoms with van der Waals surface area (Å²) in [6.45, 7) is 4.85. The molecule has 1 N–H and O–H groups in total. The van der Waals surface area contributed by atoms with Crippen LogP contribution in [0.1, 0.15) is 18.9 Å². The zero-order valence-corrected chi connectivity index (χ0v) is 16.6. The van der Waals surface area contributed by atoms with Crippen molar-refractivity contribution < 1.29 is 14.3 Å². The van der Waals surface area contributed by atoms with Crippen LogP contribution in [0.3, 0.4) is 0 Å². The van der Waals surface area contributed by atoms with E-state index in [-0.39, 0.29) is 12.5 Å². The molecular formula is C19H32N4O3. The highest BCUT2D eigenvalue weighted by Gasteiger charge is 2.11. The summed E-state index contributed by atoms with van der Waals surface area (Å²) in [5.41, 5.74) is 1.06. The Morgan fingerprint density at radius 1 is 1.23 bits per heavy atom. The number of benzene rings is 1. The lowest BCUT2D eigenvalue weighted by molar-refractivity contribution is -0.127. The van der Waals surface area contributed by atoms with Gasteiger partial charge in [0.2, 0.25) is 5.91 Å². The number of amides is 1. The van der Waals surface area contributed by atoms with Gasteiger partial charge in [0.15, 0.2) is 5.96 Å². The van der Waals surface area contributed by atoms with Gasteiger partial charge in [0.05, 0.1) is 7.11 Å². The Morgan fingerprint density at radius 3 is 2.62 bits per heavy atom. The summed E-state index contributed by atoms with van der Waals surface area (Å²) >= 11 is 0. The van der Waals surface area contributed by atoms with Gasteiger partial charge < -0.3 is 24.6 Å². The number of carbonyl (C=O) groups excluding carboxylic acids is 1. The maximum absolute atomic E-state index is 11.9. The Hall–Kier alpha value is -2.28. The number of hydrogen-bond donors (Lipinski definition) is 1. The number of carbonyl (C=O) groups is 1. The maximum Gasteiger partial charge on any atom is 0.243 e. The number of nitrogens with zero attached hydrogens (tertiary/aromatic N) is 3. The van der Waals surface area contributed by atoms with Gasteiger partial charge in [-0.25, -0.2) is 4.99 Å². The van der Waals surface area contributed by atoms with E-state index < -0.39 is 0 Å². The van der Waals surface area contributed by atoms with Crippen LogP contribution in [0.5, 0.6) is 5.75 Å². The van der Waals surface area contributed by atoms with Gasteiger partial charge in [-0.05, 0) is 19.4 Å². The average molecular weight is 364 g/mol. The number of methoxy groups -OCH3 is 1. The molecule has 1 aromatic rings. The van der Waals surface area contributed by atoms with Gasteiger partial charge in [0, 0.05) is 53.0 Å². The van der Waals surface area contributed by atoms with Crippen molar-refractivity contribution in [2.24, 2.45) is 4.99 Å². The number of rotatable bonds is 10. The second-order valence-electron chi connectivity index (χ2n) is 6.07. The first-order valence-corrected chi connectivity index (χ1v) is 8.88. The molecule has 1 amide bonds. The van der Waals surface area contributed by atoms with E-state index in [4.69, 9.17) is 9.47 Å². The van der Waals surface area contributed by atoms with Gasteiger partial charge in [0.1, 0.15) is 12.3 Å². The molecule has 0 unspecified atom stereocenters. The second-order valence-corrected chi connectivity index (χ2v) is 6.07. The fourth-order valence-corrected chi connectivity index (χ4v) is 2.28. The number of nitrogens with one attached hydrogen (secondary N) is 1. The molecule has 0 aliphatic rings. The normalized spacial score (nSPS) is 11.2. The van der Waals surface area contributed by atoms with Crippen LogP contribution in [0.15, 0.2) is 29.3 Å². The molecule has 0 spiro atoms. The molecule has 7 nitrogen and oxygen atoms in total. The first kappa shape index (κ1) is 21.8. The third-order valence-electron chi connectivity index (χ3n) is 3.78. The number of guanidine groups is 1. The van der Waals surface area contributed by atoms with E-state index in [9.17, 15) is 4.79 Å². The van der Waals surface area contributed by atoms with Gasteiger partial charge in [0.25, 0.3) is 0 Å². The molecule has 1 aromatic carbocycles. The summed E-state index contributed by atoms with van der Waals surface area (Å²) in [4.78, 5) is 19.9. The minimum Gasteiger partial charge on any atom is -0.496 e. The average Bonchev–Trinajstić information content (AvgIpc) is 2.63. The Morgan fingerprint density at radius 2 is 1.96 bits per heavy atom. The lowest BCUT2D eigenvalue weighted by atomic mass is 10.2. The number of ether oxygens (including phenoxy) is 2. The number of hydrogen-bond acceptors (Lipinski definition) is 4. The van der Waals surface area contributed by atoms with Crippen LogP contribution >= 0.6 is 0 Å². The summed E-state index contributed by atoms with van der Waals surface area (Å²) in [5.74, 6) is 1.48. The van der Waals surface area contributed by atoms with Crippen LogP contribution < -0.4 is 10.1 Å². The van der Waals surface area contributed by atoms with Crippen molar-refractivity contribution in [3.05, 3.63) is 29.8 Å². The third kappa shape index (κ3) is 7.74. The van der Waals surface area contributed by atoms with Crippen molar-refractivity contribution in [2.75, 3.05) is 54.6 Å². The fraction of sp³-hybridized carbons (Fsp3) is 0.579. The fourth-order valence-electron chi connectivity index (χ4n) is 2.28. The molecule has 0 saturated heterocycles. The van der Waals surface area contributed by atoms with E-state index in [1.165, 1.54) is 4.90 Å². The summed E-state index contributed by atoms with van der Waals surface area (Å²) in [6.07, 6.45) is 0.872. The lowest BCUT2D eigenvalue weighted by Crippen LogP contribution is -2.40. The zero-order valence-electron chi connectivity index (χ0n) is 16.6. The van der Waals surface area contributed by atoms with E-state index in [2.05, 4.69) is 10.3 Å². The molecule has 7 heteroatoms. The molecule has 0 heterocycles. The van der Waals surface area contributed by atoms with E-state index in [1.807, 2.05) is 43.1 Å². The number of likely N-dealkylation sites (N-methyl/N-ethyl adjacent to an activating group) is 1. The summed E-state index contributed by atoms with van der Waals surface area (Å²) in [6, 6.07) is 7.88. The third-order valence-corrected chi connectivity index (χ3v) is 3.78. The molecule has 0 aliphatic carbocycles. The molecule has 0 aromatic heterocycles. The highest BCUT2D eigenvalue weighted by Crippen LogP contribution is 2.18. The molecule has 26 heavy (non-hydrogen) atoms. The molecule has 0 atom stereocenters. The molecule has 0 radical (unpaired) electrons. The molecule has 0 saturated carbocycles. The SMILES string of the molecule is CCOCCCNC(=NCC(=O)N(C)C)N(C)Cc1ccccc1OC. The van der Waals surface area contributed by atoms with E-state index >= 15 is 0 Å². The largest absolute Gasteiger partial charge is 0.496 e. The van der Waals surface area contributed by atoms with Crippen LogP contribution in [0.25, 0.3) is 0 Å². The van der Waals surface area contributed by atoms with E-state index in [0.717, 1.165) is 24.3 Å². The van der Waals surface area contributed by atoms with Crippen molar-refractivity contribution in [1.29, 1.82) is 0 Å². The van der Waals surface area contributed by atoms with Crippen LogP contribution in [0.2, 0.25) is 0 Å². The summed E-state index contributed by atoms with van der Waals surface area (Å²) in [7, 11) is 7.06. The quantitative estimate of drug-likeness (QED) is 0.388. The monoisotopic (exact) mass is 364 g/mol. The maximum atomic E-state index is 11.9. The smallest absolute Gasteiger partial charge is 0.243 e. The molecular weight excluding hydrogens is 332 g/mol. The predicted molar refractivity (Wildman–Crippen MR) is 105 cm³/mol. The Kier molecular flexibility index (Phi) is 10.2. The first-order chi connectivity index (χ1) is 12.5. The number of para-hydroxylation sites is 1. The Balaban J connectivity index is 2.77. The van der Waals surface area contributed by atoms with Crippen molar-refractivity contribution in [3.8, 4) is 5.75 Å². The molecule has 0 aliphatic heterocycles. The summed E-state index contributed by atoms with van der Waals surface area (Å²) in [5, 5.41) is 3.31. The highest BCUT2D eigenvalue weighted by atomic mass is 16.5. The first-order valence-electron chi connectivity index (χ1n) is 8.88.